The minimum absolute atomic E-state index is 0.217. The first-order valence-electron chi connectivity index (χ1n) is 8.06. The maximum atomic E-state index is 11.7. The number of nitrogens with zero attached hydrogens (tertiary/aromatic N) is 2. The highest BCUT2D eigenvalue weighted by molar-refractivity contribution is 9.10. The van der Waals surface area contributed by atoms with Crippen LogP contribution in [0.15, 0.2) is 47.1 Å². The van der Waals surface area contributed by atoms with Crippen molar-refractivity contribution in [1.82, 2.24) is 9.55 Å². The van der Waals surface area contributed by atoms with Gasteiger partial charge in [-0.3, -0.25) is 0 Å². The molecule has 0 bridgehead atoms. The molecule has 1 aromatic heterocycles. The number of imidazole rings is 1. The first-order chi connectivity index (χ1) is 11.6. The van der Waals surface area contributed by atoms with E-state index in [1.807, 2.05) is 28.8 Å². The number of rotatable bonds is 6. The van der Waals surface area contributed by atoms with Gasteiger partial charge in [-0.1, -0.05) is 55.8 Å². The molecule has 0 aliphatic carbocycles. The van der Waals surface area contributed by atoms with Gasteiger partial charge < -0.3 is 9.67 Å². The van der Waals surface area contributed by atoms with Crippen LogP contribution >= 0.6 is 15.9 Å². The summed E-state index contributed by atoms with van der Waals surface area (Å²) in [5.41, 5.74) is 1.31. The highest BCUT2D eigenvalue weighted by atomic mass is 79.9. The SMILES string of the molecule is CCCCc1nc(Br)c(C(=O)O)n1Cc1cccc2ccccc12. The number of halogens is 1. The summed E-state index contributed by atoms with van der Waals surface area (Å²) < 4.78 is 2.23. The van der Waals surface area contributed by atoms with E-state index in [1.54, 1.807) is 0 Å². The van der Waals surface area contributed by atoms with Gasteiger partial charge in [-0.15, -0.1) is 0 Å². The lowest BCUT2D eigenvalue weighted by Gasteiger charge is -2.12. The highest BCUT2D eigenvalue weighted by Gasteiger charge is 2.21. The molecule has 1 N–H and O–H groups in total. The maximum Gasteiger partial charge on any atom is 0.355 e. The number of aromatic nitrogens is 2. The molecule has 0 radical (unpaired) electrons. The van der Waals surface area contributed by atoms with Crippen molar-refractivity contribution < 1.29 is 9.90 Å². The predicted molar refractivity (Wildman–Crippen MR) is 98.5 cm³/mol. The molecule has 0 saturated carbocycles. The van der Waals surface area contributed by atoms with Gasteiger partial charge in [0.15, 0.2) is 5.69 Å². The molecule has 4 nitrogen and oxygen atoms in total. The molecule has 0 aliphatic rings. The normalized spacial score (nSPS) is 11.1. The molecule has 0 fully saturated rings. The van der Waals surface area contributed by atoms with Crippen LogP contribution in [0.5, 0.6) is 0 Å². The van der Waals surface area contributed by atoms with Crippen molar-refractivity contribution in [2.45, 2.75) is 32.7 Å². The predicted octanol–water partition coefficient (Wildman–Crippen LogP) is 4.89. The van der Waals surface area contributed by atoms with E-state index in [1.165, 1.54) is 0 Å². The fourth-order valence-electron chi connectivity index (χ4n) is 2.97. The van der Waals surface area contributed by atoms with Crippen LogP contribution in [0.25, 0.3) is 10.8 Å². The molecule has 2 aromatic carbocycles. The number of fused-ring (bicyclic) bond motifs is 1. The standard InChI is InChI=1S/C19H19BrN2O2/c1-2-3-11-16-21-18(20)17(19(23)24)22(16)12-14-9-6-8-13-7-4-5-10-15(13)14/h4-10H,2-3,11-12H2,1H3,(H,23,24). The van der Waals surface area contributed by atoms with Crippen LogP contribution in [0.4, 0.5) is 0 Å². The molecule has 3 aromatic rings. The molecule has 124 valence electrons. The third-order valence-electron chi connectivity index (χ3n) is 4.17. The topological polar surface area (TPSA) is 55.1 Å². The van der Waals surface area contributed by atoms with Gasteiger partial charge in [0.05, 0.1) is 6.54 Å². The van der Waals surface area contributed by atoms with Crippen molar-refractivity contribution in [3.63, 3.8) is 0 Å². The summed E-state index contributed by atoms with van der Waals surface area (Å²) >= 11 is 3.31. The summed E-state index contributed by atoms with van der Waals surface area (Å²) in [6, 6.07) is 14.3. The third kappa shape index (κ3) is 3.22. The van der Waals surface area contributed by atoms with Crippen molar-refractivity contribution in [1.29, 1.82) is 0 Å². The number of benzene rings is 2. The molecule has 0 saturated heterocycles. The Morgan fingerprint density at radius 3 is 2.71 bits per heavy atom. The molecule has 1 heterocycles. The second-order valence-corrected chi connectivity index (χ2v) is 6.55. The fourth-order valence-corrected chi connectivity index (χ4v) is 3.56. The number of hydrogen-bond donors (Lipinski definition) is 1. The van der Waals surface area contributed by atoms with Crippen LogP contribution in [0, 0.1) is 0 Å². The summed E-state index contributed by atoms with van der Waals surface area (Å²) in [5, 5.41) is 11.9. The van der Waals surface area contributed by atoms with Gasteiger partial charge in [0, 0.05) is 6.42 Å². The smallest absolute Gasteiger partial charge is 0.355 e. The minimum Gasteiger partial charge on any atom is -0.476 e. The van der Waals surface area contributed by atoms with E-state index in [0.29, 0.717) is 11.1 Å². The van der Waals surface area contributed by atoms with Crippen molar-refractivity contribution in [2.24, 2.45) is 0 Å². The number of aromatic carboxylic acids is 1. The zero-order valence-corrected chi connectivity index (χ0v) is 15.1. The van der Waals surface area contributed by atoms with Crippen molar-refractivity contribution in [3.8, 4) is 0 Å². The lowest BCUT2D eigenvalue weighted by atomic mass is 10.0. The van der Waals surface area contributed by atoms with E-state index in [4.69, 9.17) is 0 Å². The Kier molecular flexibility index (Phi) is 5.00. The van der Waals surface area contributed by atoms with E-state index >= 15 is 0 Å². The van der Waals surface area contributed by atoms with E-state index in [-0.39, 0.29) is 5.69 Å². The fraction of sp³-hybridized carbons (Fsp3) is 0.263. The van der Waals surface area contributed by atoms with Crippen LogP contribution in [0.1, 0.15) is 41.6 Å². The Bertz CT molecular complexity index is 881. The van der Waals surface area contributed by atoms with Crippen LogP contribution in [-0.2, 0) is 13.0 Å². The second kappa shape index (κ2) is 7.18. The van der Waals surface area contributed by atoms with Gasteiger partial charge >= 0.3 is 5.97 Å². The van der Waals surface area contributed by atoms with Crippen molar-refractivity contribution >= 4 is 32.7 Å². The Hall–Kier alpha value is -2.14. The Balaban J connectivity index is 2.09. The van der Waals surface area contributed by atoms with Crippen molar-refractivity contribution in [2.75, 3.05) is 0 Å². The first-order valence-corrected chi connectivity index (χ1v) is 8.86. The maximum absolute atomic E-state index is 11.7. The molecular weight excluding hydrogens is 368 g/mol. The highest BCUT2D eigenvalue weighted by Crippen LogP contribution is 2.24. The molecule has 3 rings (SSSR count). The Labute approximate surface area is 149 Å². The van der Waals surface area contributed by atoms with E-state index < -0.39 is 5.97 Å². The molecule has 0 unspecified atom stereocenters. The number of carbonyl (C=O) groups is 1. The summed E-state index contributed by atoms with van der Waals surface area (Å²) in [6.45, 7) is 2.62. The largest absolute Gasteiger partial charge is 0.476 e. The van der Waals surface area contributed by atoms with Gasteiger partial charge in [-0.05, 0) is 38.7 Å². The quantitative estimate of drug-likeness (QED) is 0.655. The number of carboxylic acids is 1. The van der Waals surface area contributed by atoms with Crippen LogP contribution < -0.4 is 0 Å². The average molecular weight is 387 g/mol. The molecule has 0 amide bonds. The average Bonchev–Trinajstić information content (AvgIpc) is 2.89. The number of aryl methyl sites for hydroxylation is 1. The molecule has 24 heavy (non-hydrogen) atoms. The Morgan fingerprint density at radius 1 is 1.21 bits per heavy atom. The summed E-state index contributed by atoms with van der Waals surface area (Å²) in [6.07, 6.45) is 2.80. The van der Waals surface area contributed by atoms with Gasteiger partial charge in [-0.2, -0.15) is 0 Å². The number of unbranched alkanes of at least 4 members (excludes halogenated alkanes) is 1. The summed E-state index contributed by atoms with van der Waals surface area (Å²) in [4.78, 5) is 16.1. The van der Waals surface area contributed by atoms with Crippen LogP contribution in [0.3, 0.4) is 0 Å². The third-order valence-corrected chi connectivity index (χ3v) is 4.72. The van der Waals surface area contributed by atoms with Crippen molar-refractivity contribution in [3.05, 3.63) is 64.1 Å². The molecule has 0 atom stereocenters. The summed E-state index contributed by atoms with van der Waals surface area (Å²) in [7, 11) is 0. The zero-order valence-electron chi connectivity index (χ0n) is 13.5. The molecular formula is C19H19BrN2O2. The van der Waals surface area contributed by atoms with E-state index in [0.717, 1.165) is 41.4 Å². The van der Waals surface area contributed by atoms with E-state index in [9.17, 15) is 9.90 Å². The monoisotopic (exact) mass is 386 g/mol. The lowest BCUT2D eigenvalue weighted by Crippen LogP contribution is -2.13. The van der Waals surface area contributed by atoms with Gasteiger partial charge in [0.1, 0.15) is 10.4 Å². The lowest BCUT2D eigenvalue weighted by molar-refractivity contribution is 0.0684. The molecule has 0 spiro atoms. The first kappa shape index (κ1) is 16.7. The summed E-state index contributed by atoms with van der Waals surface area (Å²) in [5.74, 6) is -0.147. The second-order valence-electron chi connectivity index (χ2n) is 5.80. The number of carboxylic acid groups (broad SMARTS) is 1. The van der Waals surface area contributed by atoms with E-state index in [2.05, 4.69) is 46.0 Å². The van der Waals surface area contributed by atoms with Crippen LogP contribution in [-0.4, -0.2) is 20.6 Å². The Morgan fingerprint density at radius 2 is 1.96 bits per heavy atom. The zero-order chi connectivity index (χ0) is 17.1. The van der Waals surface area contributed by atoms with Gasteiger partial charge in [0.25, 0.3) is 0 Å². The number of hydrogen-bond acceptors (Lipinski definition) is 2. The van der Waals surface area contributed by atoms with Gasteiger partial charge in [-0.25, -0.2) is 9.78 Å². The van der Waals surface area contributed by atoms with Crippen LogP contribution in [0.2, 0.25) is 0 Å². The molecule has 5 heteroatoms. The minimum atomic E-state index is -0.961. The molecule has 0 aliphatic heterocycles. The van der Waals surface area contributed by atoms with Gasteiger partial charge in [0.2, 0.25) is 0 Å².